The lowest BCUT2D eigenvalue weighted by Gasteiger charge is -2.15. The maximum Gasteiger partial charge on any atom is 0.416 e. The van der Waals surface area contributed by atoms with Gasteiger partial charge in [-0.05, 0) is 48.7 Å². The van der Waals surface area contributed by atoms with Crippen LogP contribution in [0.3, 0.4) is 0 Å². The van der Waals surface area contributed by atoms with Crippen LogP contribution >= 0.6 is 11.3 Å². The summed E-state index contributed by atoms with van der Waals surface area (Å²) >= 11 is 1.16. The molecule has 0 atom stereocenters. The first-order valence-corrected chi connectivity index (χ1v) is 11.1. The van der Waals surface area contributed by atoms with Crippen molar-refractivity contribution in [2.24, 2.45) is 10.7 Å². The summed E-state index contributed by atoms with van der Waals surface area (Å²) in [6, 6.07) is 9.08. The molecule has 3 rings (SSSR count). The van der Waals surface area contributed by atoms with E-state index in [-0.39, 0.29) is 23.2 Å². The lowest BCUT2D eigenvalue weighted by molar-refractivity contribution is -0.143. The summed E-state index contributed by atoms with van der Waals surface area (Å²) in [6.45, 7) is 4.63. The Labute approximate surface area is 191 Å². The van der Waals surface area contributed by atoms with Gasteiger partial charge in [-0.3, -0.25) is 0 Å². The van der Waals surface area contributed by atoms with E-state index < -0.39 is 23.5 Å². The van der Waals surface area contributed by atoms with E-state index in [9.17, 15) is 26.3 Å². The fraction of sp³-hybridized carbons (Fsp3) is 0.348. The van der Waals surface area contributed by atoms with Gasteiger partial charge < -0.3 is 10.3 Å². The molecule has 1 aromatic heterocycles. The van der Waals surface area contributed by atoms with Crippen molar-refractivity contribution < 1.29 is 26.3 Å². The molecule has 1 heterocycles. The van der Waals surface area contributed by atoms with Crippen molar-refractivity contribution in [3.8, 4) is 11.3 Å². The van der Waals surface area contributed by atoms with Crippen LogP contribution in [-0.4, -0.2) is 11.1 Å². The minimum Gasteiger partial charge on any atom is -0.330 e. The van der Waals surface area contributed by atoms with Crippen LogP contribution in [0.1, 0.15) is 42.9 Å². The number of nitrogens with zero attached hydrogens (tertiary/aromatic N) is 2. The van der Waals surface area contributed by atoms with E-state index in [0.717, 1.165) is 29.0 Å². The van der Waals surface area contributed by atoms with Gasteiger partial charge in [0.2, 0.25) is 0 Å². The highest BCUT2D eigenvalue weighted by molar-refractivity contribution is 7.07. The van der Waals surface area contributed by atoms with Crippen LogP contribution in [0, 0.1) is 0 Å². The average Bonchev–Trinajstić information content (AvgIpc) is 3.13. The van der Waals surface area contributed by atoms with Crippen LogP contribution in [0.5, 0.6) is 0 Å². The van der Waals surface area contributed by atoms with Gasteiger partial charge in [0, 0.05) is 17.5 Å². The van der Waals surface area contributed by atoms with E-state index in [2.05, 4.69) is 0 Å². The molecule has 0 aliphatic heterocycles. The molecular formula is C23H23F6N3S. The Morgan fingerprint density at radius 2 is 1.58 bits per heavy atom. The van der Waals surface area contributed by atoms with Crippen molar-refractivity contribution in [1.29, 1.82) is 0 Å². The lowest BCUT2D eigenvalue weighted by atomic mass is 10.0. The highest BCUT2D eigenvalue weighted by Crippen LogP contribution is 2.39. The zero-order valence-electron chi connectivity index (χ0n) is 18.0. The summed E-state index contributed by atoms with van der Waals surface area (Å²) in [4.78, 5) is 5.17. The molecule has 0 fully saturated rings. The molecule has 0 spiro atoms. The third-order valence-electron chi connectivity index (χ3n) is 5.04. The van der Waals surface area contributed by atoms with Crippen LogP contribution < -0.4 is 10.5 Å². The fourth-order valence-corrected chi connectivity index (χ4v) is 4.35. The molecule has 3 nitrogen and oxygen atoms in total. The molecule has 2 aromatic carbocycles. The van der Waals surface area contributed by atoms with Gasteiger partial charge in [0.1, 0.15) is 0 Å². The maximum absolute atomic E-state index is 13.4. The van der Waals surface area contributed by atoms with Crippen LogP contribution in [-0.2, 0) is 18.9 Å². The van der Waals surface area contributed by atoms with Gasteiger partial charge in [0.15, 0.2) is 4.80 Å². The quantitative estimate of drug-likeness (QED) is 0.376. The highest BCUT2D eigenvalue weighted by atomic mass is 32.1. The molecule has 0 saturated heterocycles. The summed E-state index contributed by atoms with van der Waals surface area (Å²) < 4.78 is 81.8. The Bertz CT molecular complexity index is 1140. The largest absolute Gasteiger partial charge is 0.416 e. The van der Waals surface area contributed by atoms with Crippen LogP contribution in [0.15, 0.2) is 52.8 Å². The minimum absolute atomic E-state index is 0.129. The monoisotopic (exact) mass is 487 g/mol. The van der Waals surface area contributed by atoms with Gasteiger partial charge in [-0.1, -0.05) is 32.0 Å². The molecule has 0 aliphatic rings. The van der Waals surface area contributed by atoms with Crippen LogP contribution in [0.4, 0.5) is 32.0 Å². The van der Waals surface area contributed by atoms with Crippen molar-refractivity contribution in [1.82, 2.24) is 4.57 Å². The molecule has 0 aliphatic carbocycles. The third kappa shape index (κ3) is 5.86. The molecule has 0 radical (unpaired) electrons. The SMILES string of the molecule is CC(C)c1ccccc1N=c1scc(-c2cc(C(F)(F)F)cc(C(F)(F)F)c2)n1CCCN. The topological polar surface area (TPSA) is 43.3 Å². The van der Waals surface area contributed by atoms with Crippen molar-refractivity contribution in [3.05, 3.63) is 69.3 Å². The first kappa shape index (κ1) is 25.0. The number of nitrogens with two attached hydrogens (primary N) is 1. The smallest absolute Gasteiger partial charge is 0.330 e. The summed E-state index contributed by atoms with van der Waals surface area (Å²) in [5.74, 6) is 0.180. The predicted molar refractivity (Wildman–Crippen MR) is 117 cm³/mol. The minimum atomic E-state index is -4.92. The number of para-hydroxylation sites is 1. The van der Waals surface area contributed by atoms with E-state index in [0.29, 0.717) is 30.0 Å². The van der Waals surface area contributed by atoms with Gasteiger partial charge in [0.05, 0.1) is 22.5 Å². The zero-order valence-corrected chi connectivity index (χ0v) is 18.8. The summed E-state index contributed by atoms with van der Waals surface area (Å²) in [5, 5.41) is 1.53. The number of alkyl halides is 6. The van der Waals surface area contributed by atoms with E-state index in [1.54, 1.807) is 4.57 Å². The van der Waals surface area contributed by atoms with Gasteiger partial charge in [-0.15, -0.1) is 11.3 Å². The lowest BCUT2D eigenvalue weighted by Crippen LogP contribution is -2.18. The molecular weight excluding hydrogens is 464 g/mol. The highest BCUT2D eigenvalue weighted by Gasteiger charge is 2.37. The number of hydrogen-bond acceptors (Lipinski definition) is 3. The Morgan fingerprint density at radius 1 is 0.970 bits per heavy atom. The van der Waals surface area contributed by atoms with E-state index in [4.69, 9.17) is 10.7 Å². The summed E-state index contributed by atoms with van der Waals surface area (Å²) in [5.41, 5.74) is 4.65. The molecule has 0 bridgehead atoms. The number of benzene rings is 2. The molecule has 0 amide bonds. The van der Waals surface area contributed by atoms with Crippen molar-refractivity contribution >= 4 is 17.0 Å². The Kier molecular flexibility index (Phi) is 7.38. The van der Waals surface area contributed by atoms with E-state index >= 15 is 0 Å². The molecule has 33 heavy (non-hydrogen) atoms. The summed E-state index contributed by atoms with van der Waals surface area (Å²) in [7, 11) is 0. The standard InChI is InChI=1S/C23H23F6N3S/c1-14(2)18-6-3-4-7-19(18)31-21-32(9-5-8-30)20(13-33-21)15-10-16(22(24,25)26)12-17(11-15)23(27,28)29/h3-4,6-7,10-14H,5,8-9,30H2,1-2H3. The molecule has 0 saturated carbocycles. The Hall–Kier alpha value is -2.59. The van der Waals surface area contributed by atoms with Crippen molar-refractivity contribution in [3.63, 3.8) is 0 Å². The van der Waals surface area contributed by atoms with Crippen LogP contribution in [0.25, 0.3) is 11.3 Å². The van der Waals surface area contributed by atoms with Crippen molar-refractivity contribution in [2.45, 2.75) is 45.1 Å². The average molecular weight is 488 g/mol. The van der Waals surface area contributed by atoms with Crippen LogP contribution in [0.2, 0.25) is 0 Å². The normalized spacial score (nSPS) is 13.2. The first-order chi connectivity index (χ1) is 15.4. The van der Waals surface area contributed by atoms with Gasteiger partial charge in [-0.2, -0.15) is 26.3 Å². The van der Waals surface area contributed by atoms with Crippen molar-refractivity contribution in [2.75, 3.05) is 6.54 Å². The number of thiazole rings is 1. The molecule has 178 valence electrons. The van der Waals surface area contributed by atoms with E-state index in [1.807, 2.05) is 38.1 Å². The molecule has 3 aromatic rings. The molecule has 2 N–H and O–H groups in total. The molecule has 0 unspecified atom stereocenters. The number of aromatic nitrogens is 1. The second-order valence-corrected chi connectivity index (χ2v) is 8.65. The van der Waals surface area contributed by atoms with E-state index in [1.165, 1.54) is 5.38 Å². The van der Waals surface area contributed by atoms with Gasteiger partial charge in [0.25, 0.3) is 0 Å². The number of rotatable bonds is 6. The predicted octanol–water partition coefficient (Wildman–Crippen LogP) is 6.96. The Morgan fingerprint density at radius 3 is 2.12 bits per heavy atom. The summed E-state index contributed by atoms with van der Waals surface area (Å²) in [6.07, 6.45) is -9.36. The molecule has 10 heteroatoms. The van der Waals surface area contributed by atoms with Gasteiger partial charge >= 0.3 is 12.4 Å². The van der Waals surface area contributed by atoms with Gasteiger partial charge in [-0.25, -0.2) is 4.99 Å². The maximum atomic E-state index is 13.4. The number of halogens is 6. The zero-order chi connectivity index (χ0) is 24.4. The third-order valence-corrected chi connectivity index (χ3v) is 5.91. The fourth-order valence-electron chi connectivity index (χ4n) is 3.40. The first-order valence-electron chi connectivity index (χ1n) is 10.2. The Balaban J connectivity index is 2.25. The second kappa shape index (κ2) is 9.72. The number of hydrogen-bond donors (Lipinski definition) is 1. The second-order valence-electron chi connectivity index (χ2n) is 7.82.